The van der Waals surface area contributed by atoms with Crippen LogP contribution in [0.3, 0.4) is 0 Å². The predicted octanol–water partition coefficient (Wildman–Crippen LogP) is 3.21. The SMILES string of the molecule is CCC(C)C(=O)C1=C(O)C(O)(C(O)CC=C(C)C)C(CC=C(C)C)C1O. The molecule has 1 rings (SSSR count). The van der Waals surface area contributed by atoms with Crippen LogP contribution in [-0.2, 0) is 4.79 Å². The molecule has 1 aliphatic carbocycles. The Balaban J connectivity index is 3.40. The third kappa shape index (κ3) is 4.45. The maximum Gasteiger partial charge on any atom is 0.167 e. The van der Waals surface area contributed by atoms with Gasteiger partial charge in [-0.05, 0) is 47.0 Å². The highest BCUT2D eigenvalue weighted by atomic mass is 16.4. The van der Waals surface area contributed by atoms with Gasteiger partial charge in [-0.15, -0.1) is 0 Å². The summed E-state index contributed by atoms with van der Waals surface area (Å²) >= 11 is 0. The fourth-order valence-electron chi connectivity index (χ4n) is 3.29. The number of aliphatic hydroxyl groups is 4. The summed E-state index contributed by atoms with van der Waals surface area (Å²) < 4.78 is 0. The van der Waals surface area contributed by atoms with Gasteiger partial charge < -0.3 is 20.4 Å². The molecule has 0 aliphatic heterocycles. The summed E-state index contributed by atoms with van der Waals surface area (Å²) in [6.07, 6.45) is 1.85. The smallest absolute Gasteiger partial charge is 0.167 e. The molecule has 5 atom stereocenters. The molecule has 0 saturated carbocycles. The Bertz CT molecular complexity index is 608. The van der Waals surface area contributed by atoms with Crippen molar-refractivity contribution in [3.05, 3.63) is 34.6 Å². The second kappa shape index (κ2) is 8.98. The maximum absolute atomic E-state index is 12.7. The Morgan fingerprint density at radius 3 is 2.19 bits per heavy atom. The standard InChI is InChI=1S/C21H34O5/c1-7-14(6)18(23)17-19(24)15(10-8-12(2)3)21(26,20(17)25)16(22)11-9-13(4)5/h8-9,14-16,19,22,24-26H,7,10-11H2,1-6H3. The van der Waals surface area contributed by atoms with E-state index in [1.165, 1.54) is 0 Å². The van der Waals surface area contributed by atoms with Gasteiger partial charge in [-0.25, -0.2) is 0 Å². The van der Waals surface area contributed by atoms with Gasteiger partial charge in [0.2, 0.25) is 0 Å². The molecule has 0 spiro atoms. The number of ketones is 1. The largest absolute Gasteiger partial charge is 0.509 e. The van der Waals surface area contributed by atoms with Gasteiger partial charge >= 0.3 is 0 Å². The summed E-state index contributed by atoms with van der Waals surface area (Å²) in [7, 11) is 0. The highest BCUT2D eigenvalue weighted by molar-refractivity contribution is 5.99. The van der Waals surface area contributed by atoms with Crippen LogP contribution in [0.15, 0.2) is 34.6 Å². The zero-order chi connectivity index (χ0) is 20.2. The van der Waals surface area contributed by atoms with E-state index in [2.05, 4.69) is 0 Å². The van der Waals surface area contributed by atoms with Crippen LogP contribution in [0.4, 0.5) is 0 Å². The fourth-order valence-corrected chi connectivity index (χ4v) is 3.29. The second-order valence-corrected chi connectivity index (χ2v) is 7.86. The summed E-state index contributed by atoms with van der Waals surface area (Å²) in [6.45, 7) is 11.1. The summed E-state index contributed by atoms with van der Waals surface area (Å²) in [5, 5.41) is 43.3. The molecular weight excluding hydrogens is 332 g/mol. The van der Waals surface area contributed by atoms with Crippen molar-refractivity contribution < 1.29 is 25.2 Å². The van der Waals surface area contributed by atoms with Crippen LogP contribution in [0, 0.1) is 11.8 Å². The third-order valence-corrected chi connectivity index (χ3v) is 5.24. The van der Waals surface area contributed by atoms with E-state index in [9.17, 15) is 25.2 Å². The van der Waals surface area contributed by atoms with E-state index in [0.29, 0.717) is 6.42 Å². The van der Waals surface area contributed by atoms with Crippen molar-refractivity contribution in [3.8, 4) is 0 Å². The zero-order valence-corrected chi connectivity index (χ0v) is 16.8. The van der Waals surface area contributed by atoms with Crippen LogP contribution in [0.25, 0.3) is 0 Å². The van der Waals surface area contributed by atoms with Crippen molar-refractivity contribution >= 4 is 5.78 Å². The summed E-state index contributed by atoms with van der Waals surface area (Å²) in [5.74, 6) is -2.24. The third-order valence-electron chi connectivity index (χ3n) is 5.24. The molecule has 5 unspecified atom stereocenters. The first kappa shape index (κ1) is 22.6. The molecule has 5 nitrogen and oxygen atoms in total. The first-order valence-electron chi connectivity index (χ1n) is 9.31. The highest BCUT2D eigenvalue weighted by Gasteiger charge is 2.58. The molecule has 0 amide bonds. The quantitative estimate of drug-likeness (QED) is 0.495. The van der Waals surface area contributed by atoms with Crippen molar-refractivity contribution in [2.24, 2.45) is 11.8 Å². The number of rotatable bonds is 8. The van der Waals surface area contributed by atoms with Gasteiger partial charge in [0.1, 0.15) is 5.76 Å². The Hall–Kier alpha value is -1.43. The average Bonchev–Trinajstić information content (AvgIpc) is 2.76. The maximum atomic E-state index is 12.7. The van der Waals surface area contributed by atoms with Crippen LogP contribution >= 0.6 is 0 Å². The van der Waals surface area contributed by atoms with Crippen LogP contribution in [-0.4, -0.2) is 44.0 Å². The van der Waals surface area contributed by atoms with Crippen LogP contribution in [0.5, 0.6) is 0 Å². The Morgan fingerprint density at radius 1 is 1.19 bits per heavy atom. The summed E-state index contributed by atoms with van der Waals surface area (Å²) in [6, 6.07) is 0. The molecule has 148 valence electrons. The lowest BCUT2D eigenvalue weighted by Gasteiger charge is -2.35. The van der Waals surface area contributed by atoms with Crippen molar-refractivity contribution in [2.75, 3.05) is 0 Å². The molecule has 5 heteroatoms. The monoisotopic (exact) mass is 366 g/mol. The topological polar surface area (TPSA) is 98.0 Å². The number of allylic oxidation sites excluding steroid dienone is 3. The van der Waals surface area contributed by atoms with Gasteiger partial charge in [0.05, 0.1) is 17.8 Å². The molecule has 0 aromatic heterocycles. The lowest BCUT2D eigenvalue weighted by atomic mass is 9.79. The highest BCUT2D eigenvalue weighted by Crippen LogP contribution is 2.46. The molecule has 0 aromatic rings. The van der Waals surface area contributed by atoms with Crippen molar-refractivity contribution in [1.29, 1.82) is 0 Å². The lowest BCUT2D eigenvalue weighted by Crippen LogP contribution is -2.50. The first-order chi connectivity index (χ1) is 12.0. The molecule has 26 heavy (non-hydrogen) atoms. The Morgan fingerprint density at radius 2 is 1.73 bits per heavy atom. The average molecular weight is 366 g/mol. The number of aliphatic hydroxyl groups excluding tert-OH is 3. The molecular formula is C21H34O5. The van der Waals surface area contributed by atoms with E-state index in [0.717, 1.165) is 11.1 Å². The number of carbonyl (C=O) groups excluding carboxylic acids is 1. The molecule has 0 saturated heterocycles. The van der Waals surface area contributed by atoms with Gasteiger partial charge in [-0.1, -0.05) is 37.1 Å². The zero-order valence-electron chi connectivity index (χ0n) is 16.8. The van der Waals surface area contributed by atoms with E-state index in [1.807, 2.05) is 40.7 Å². The minimum Gasteiger partial charge on any atom is -0.509 e. The first-order valence-corrected chi connectivity index (χ1v) is 9.31. The Labute approximate surface area is 156 Å². The molecule has 1 aliphatic rings. The fraction of sp³-hybridized carbons (Fsp3) is 0.667. The van der Waals surface area contributed by atoms with Gasteiger partial charge in [0.15, 0.2) is 11.4 Å². The molecule has 0 radical (unpaired) electrons. The van der Waals surface area contributed by atoms with Crippen molar-refractivity contribution in [1.82, 2.24) is 0 Å². The van der Waals surface area contributed by atoms with E-state index in [1.54, 1.807) is 13.0 Å². The van der Waals surface area contributed by atoms with Gasteiger partial charge in [-0.2, -0.15) is 0 Å². The van der Waals surface area contributed by atoms with E-state index < -0.39 is 29.5 Å². The second-order valence-electron chi connectivity index (χ2n) is 7.86. The molecule has 4 N–H and O–H groups in total. The van der Waals surface area contributed by atoms with Gasteiger partial charge in [-0.3, -0.25) is 4.79 Å². The van der Waals surface area contributed by atoms with Crippen LogP contribution in [0.1, 0.15) is 60.8 Å². The minimum atomic E-state index is -2.06. The van der Waals surface area contributed by atoms with E-state index >= 15 is 0 Å². The van der Waals surface area contributed by atoms with Crippen LogP contribution in [0.2, 0.25) is 0 Å². The number of Topliss-reactive ketones (excluding diaryl/α,β-unsaturated/α-hetero) is 1. The van der Waals surface area contributed by atoms with Gasteiger partial charge in [0, 0.05) is 11.8 Å². The number of carbonyl (C=O) groups is 1. The molecule has 0 aromatic carbocycles. The Kier molecular flexibility index (Phi) is 7.81. The van der Waals surface area contributed by atoms with Gasteiger partial charge in [0.25, 0.3) is 0 Å². The van der Waals surface area contributed by atoms with Crippen molar-refractivity contribution in [3.63, 3.8) is 0 Å². The van der Waals surface area contributed by atoms with E-state index in [-0.39, 0.29) is 30.1 Å². The number of hydrogen-bond donors (Lipinski definition) is 4. The summed E-state index contributed by atoms with van der Waals surface area (Å²) in [5.41, 5.74) is -0.272. The minimum absolute atomic E-state index is 0.117. The normalized spacial score (nSPS) is 27.9. The van der Waals surface area contributed by atoms with Crippen molar-refractivity contribution in [2.45, 2.75) is 78.6 Å². The lowest BCUT2D eigenvalue weighted by molar-refractivity contribution is -0.120. The van der Waals surface area contributed by atoms with Crippen LogP contribution < -0.4 is 0 Å². The summed E-state index contributed by atoms with van der Waals surface area (Å²) in [4.78, 5) is 12.7. The number of hydrogen-bond acceptors (Lipinski definition) is 5. The molecule has 0 heterocycles. The molecule has 0 bridgehead atoms. The predicted molar refractivity (Wildman–Crippen MR) is 103 cm³/mol. The van der Waals surface area contributed by atoms with E-state index in [4.69, 9.17) is 0 Å². The molecule has 0 fully saturated rings.